The molecule has 0 saturated carbocycles. The molecule has 3 rings (SSSR count). The summed E-state index contributed by atoms with van der Waals surface area (Å²) in [6, 6.07) is 26.0. The second kappa shape index (κ2) is 10.9. The van der Waals surface area contributed by atoms with Crippen LogP contribution in [0.1, 0.15) is 47.6 Å². The zero-order valence-electron chi connectivity index (χ0n) is 18.6. The normalized spacial score (nSPS) is 14.6. The van der Waals surface area contributed by atoms with Crippen LogP contribution in [0.4, 0.5) is 0 Å². The lowest BCUT2D eigenvalue weighted by atomic mass is 9.87. The lowest BCUT2D eigenvalue weighted by molar-refractivity contribution is 0.169. The first-order valence-corrected chi connectivity index (χ1v) is 12.4. The monoisotopic (exact) mass is 452 g/mol. The molecule has 0 heterocycles. The topological polar surface area (TPSA) is 92.4 Å². The van der Waals surface area contributed by atoms with Gasteiger partial charge in [-0.2, -0.15) is 0 Å². The van der Waals surface area contributed by atoms with E-state index >= 15 is 0 Å². The summed E-state index contributed by atoms with van der Waals surface area (Å²) in [6.45, 7) is 4.12. The Labute approximate surface area is 191 Å². The molecule has 5 nitrogen and oxygen atoms in total. The fourth-order valence-corrected chi connectivity index (χ4v) is 4.85. The van der Waals surface area contributed by atoms with E-state index in [0.29, 0.717) is 23.6 Å². The summed E-state index contributed by atoms with van der Waals surface area (Å²) in [5.41, 5.74) is 3.69. The third-order valence-electron chi connectivity index (χ3n) is 5.80. The maximum absolute atomic E-state index is 11.8. The molecule has 3 unspecified atom stereocenters. The highest BCUT2D eigenvalue weighted by atomic mass is 32.2. The van der Waals surface area contributed by atoms with Gasteiger partial charge in [0.25, 0.3) is 0 Å². The van der Waals surface area contributed by atoms with Gasteiger partial charge < -0.3 is 10.4 Å². The van der Waals surface area contributed by atoms with Crippen LogP contribution in [-0.4, -0.2) is 26.1 Å². The highest BCUT2D eigenvalue weighted by Crippen LogP contribution is 2.26. The Morgan fingerprint density at radius 1 is 0.938 bits per heavy atom. The van der Waals surface area contributed by atoms with Gasteiger partial charge in [0.15, 0.2) is 0 Å². The van der Waals surface area contributed by atoms with Gasteiger partial charge in [0.05, 0.1) is 11.0 Å². The van der Waals surface area contributed by atoms with Crippen LogP contribution in [-0.2, 0) is 16.4 Å². The number of rotatable bonds is 10. The number of aryl methyl sites for hydroxylation is 1. The minimum atomic E-state index is -3.83. The van der Waals surface area contributed by atoms with Crippen molar-refractivity contribution in [1.82, 2.24) is 5.32 Å². The predicted molar refractivity (Wildman–Crippen MR) is 129 cm³/mol. The lowest BCUT2D eigenvalue weighted by Gasteiger charge is -2.24. The van der Waals surface area contributed by atoms with Crippen LogP contribution in [0.3, 0.4) is 0 Å². The fourth-order valence-electron chi connectivity index (χ4n) is 4.03. The molecule has 32 heavy (non-hydrogen) atoms. The van der Waals surface area contributed by atoms with Gasteiger partial charge in [-0.15, -0.1) is 0 Å². The molecule has 0 fully saturated rings. The maximum atomic E-state index is 11.8. The molecule has 0 aromatic heterocycles. The number of nitrogens with one attached hydrogen (secondary N) is 1. The first kappa shape index (κ1) is 24.1. The Kier molecular flexibility index (Phi) is 8.21. The first-order valence-electron chi connectivity index (χ1n) is 10.9. The van der Waals surface area contributed by atoms with Crippen molar-refractivity contribution in [3.8, 4) is 0 Å². The van der Waals surface area contributed by atoms with Crippen molar-refractivity contribution < 1.29 is 13.5 Å². The van der Waals surface area contributed by atoms with Crippen molar-refractivity contribution in [2.24, 2.45) is 5.14 Å². The van der Waals surface area contributed by atoms with Gasteiger partial charge in [0, 0.05) is 12.6 Å². The molecule has 3 aromatic carbocycles. The van der Waals surface area contributed by atoms with Gasteiger partial charge in [-0.05, 0) is 60.9 Å². The zero-order chi connectivity index (χ0) is 23.1. The molecule has 0 aliphatic heterocycles. The van der Waals surface area contributed by atoms with Gasteiger partial charge in [0.1, 0.15) is 0 Å². The van der Waals surface area contributed by atoms with Gasteiger partial charge >= 0.3 is 0 Å². The van der Waals surface area contributed by atoms with Crippen molar-refractivity contribution in [3.63, 3.8) is 0 Å². The molecular weight excluding hydrogens is 420 g/mol. The molecular formula is C26H32N2O3S. The van der Waals surface area contributed by atoms with Crippen LogP contribution in [0.2, 0.25) is 0 Å². The minimum Gasteiger partial charge on any atom is -0.387 e. The highest BCUT2D eigenvalue weighted by molar-refractivity contribution is 7.89. The highest BCUT2D eigenvalue weighted by Gasteiger charge is 2.19. The predicted octanol–water partition coefficient (Wildman–Crippen LogP) is 4.07. The zero-order valence-corrected chi connectivity index (χ0v) is 19.4. The maximum Gasteiger partial charge on any atom is 0.238 e. The van der Waals surface area contributed by atoms with Crippen molar-refractivity contribution in [3.05, 3.63) is 101 Å². The molecule has 3 aromatic rings. The number of nitrogens with two attached hydrogens (primary N) is 1. The number of sulfonamides is 1. The molecule has 6 heteroatoms. The van der Waals surface area contributed by atoms with Crippen LogP contribution < -0.4 is 10.5 Å². The van der Waals surface area contributed by atoms with E-state index in [0.717, 1.165) is 12.8 Å². The van der Waals surface area contributed by atoms with E-state index in [4.69, 9.17) is 5.14 Å². The van der Waals surface area contributed by atoms with Crippen molar-refractivity contribution in [2.45, 2.75) is 49.6 Å². The van der Waals surface area contributed by atoms with Crippen molar-refractivity contribution >= 4 is 10.0 Å². The van der Waals surface area contributed by atoms with Crippen LogP contribution in [0.15, 0.2) is 83.8 Å². The Bertz CT molecular complexity index is 1100. The van der Waals surface area contributed by atoms with Crippen molar-refractivity contribution in [2.75, 3.05) is 6.54 Å². The smallest absolute Gasteiger partial charge is 0.238 e. The van der Waals surface area contributed by atoms with E-state index in [1.54, 1.807) is 19.1 Å². The minimum absolute atomic E-state index is 0.0501. The molecule has 0 amide bonds. The van der Waals surface area contributed by atoms with E-state index in [2.05, 4.69) is 60.8 Å². The second-order valence-corrected chi connectivity index (χ2v) is 9.96. The summed E-state index contributed by atoms with van der Waals surface area (Å²) < 4.78 is 23.6. The Hall–Kier alpha value is -2.51. The molecule has 3 atom stereocenters. The molecule has 0 spiro atoms. The molecule has 0 radical (unpaired) electrons. The van der Waals surface area contributed by atoms with E-state index in [9.17, 15) is 13.5 Å². The van der Waals surface area contributed by atoms with E-state index < -0.39 is 16.1 Å². The van der Waals surface area contributed by atoms with Gasteiger partial charge in [-0.25, -0.2) is 13.6 Å². The number of hydrogen-bond acceptors (Lipinski definition) is 4. The molecule has 170 valence electrons. The van der Waals surface area contributed by atoms with E-state index in [1.807, 2.05) is 12.1 Å². The summed E-state index contributed by atoms with van der Waals surface area (Å²) in [6.07, 6.45) is 1.01. The lowest BCUT2D eigenvalue weighted by Crippen LogP contribution is -2.32. The van der Waals surface area contributed by atoms with Crippen LogP contribution >= 0.6 is 0 Å². The summed E-state index contributed by atoms with van der Waals surface area (Å²) >= 11 is 0. The SMILES string of the molecule is Cc1ccc(C(O)CNC(C)CC(Cc2ccccc2)c2ccccc2)cc1S(N)(=O)=O. The number of hydrogen-bond donors (Lipinski definition) is 3. The number of aliphatic hydroxyl groups excluding tert-OH is 1. The van der Waals surface area contributed by atoms with E-state index in [-0.39, 0.29) is 10.9 Å². The van der Waals surface area contributed by atoms with E-state index in [1.165, 1.54) is 17.2 Å². The van der Waals surface area contributed by atoms with Gasteiger partial charge in [-0.1, -0.05) is 72.8 Å². The molecule has 0 saturated heterocycles. The van der Waals surface area contributed by atoms with Crippen LogP contribution in [0.25, 0.3) is 0 Å². The van der Waals surface area contributed by atoms with Crippen LogP contribution in [0.5, 0.6) is 0 Å². The Morgan fingerprint density at radius 3 is 2.19 bits per heavy atom. The quantitative estimate of drug-likeness (QED) is 0.432. The number of benzene rings is 3. The largest absolute Gasteiger partial charge is 0.387 e. The summed E-state index contributed by atoms with van der Waals surface area (Å²) in [7, 11) is -3.83. The third kappa shape index (κ3) is 6.74. The van der Waals surface area contributed by atoms with Crippen molar-refractivity contribution in [1.29, 1.82) is 0 Å². The molecule has 4 N–H and O–H groups in total. The van der Waals surface area contributed by atoms with Gasteiger partial charge in [0.2, 0.25) is 10.0 Å². The molecule has 0 bridgehead atoms. The first-order chi connectivity index (χ1) is 15.2. The van der Waals surface area contributed by atoms with Gasteiger partial charge in [-0.3, -0.25) is 0 Å². The summed E-state index contributed by atoms with van der Waals surface area (Å²) in [4.78, 5) is 0.0501. The standard InChI is InChI=1S/C26H32N2O3S/c1-19-13-14-23(17-26(19)32(27,30)31)25(29)18-28-20(2)15-24(22-11-7-4-8-12-22)16-21-9-5-3-6-10-21/h3-14,17,20,24-25,28-29H,15-16,18H2,1-2H3,(H2,27,30,31). The Morgan fingerprint density at radius 2 is 1.56 bits per heavy atom. The average molecular weight is 453 g/mol. The number of primary sulfonamides is 1. The second-order valence-electron chi connectivity index (χ2n) is 8.43. The molecule has 0 aliphatic rings. The van der Waals surface area contributed by atoms with Crippen LogP contribution in [0, 0.1) is 6.92 Å². The third-order valence-corrected chi connectivity index (χ3v) is 6.85. The summed E-state index contributed by atoms with van der Waals surface area (Å²) in [5.74, 6) is 0.339. The summed E-state index contributed by atoms with van der Waals surface area (Å²) in [5, 5.41) is 19.3. The Balaban J connectivity index is 1.65. The molecule has 0 aliphatic carbocycles. The fraction of sp³-hybridized carbons (Fsp3) is 0.308. The number of aliphatic hydroxyl groups is 1. The average Bonchev–Trinajstić information content (AvgIpc) is 2.78.